The molecular weight excluding hydrogens is 263 g/mol. The van der Waals surface area contributed by atoms with E-state index in [9.17, 15) is 0 Å². The van der Waals surface area contributed by atoms with E-state index in [1.807, 2.05) is 13.8 Å². The van der Waals surface area contributed by atoms with Crippen molar-refractivity contribution >= 4 is 7.85 Å². The lowest BCUT2D eigenvalue weighted by atomic mass is 9.44. The van der Waals surface area contributed by atoms with E-state index in [1.54, 1.807) is 0 Å². The van der Waals surface area contributed by atoms with Crippen LogP contribution in [0.4, 0.5) is 0 Å². The van der Waals surface area contributed by atoms with Gasteiger partial charge in [-0.25, -0.2) is 0 Å². The summed E-state index contributed by atoms with van der Waals surface area (Å²) < 4.78 is 0. The molecule has 4 saturated carbocycles. The van der Waals surface area contributed by atoms with Crippen molar-refractivity contribution in [2.75, 3.05) is 0 Å². The molecular formula is C21H37B. The highest BCUT2D eigenvalue weighted by atomic mass is 14.6. The molecule has 0 N–H and O–H groups in total. The van der Waals surface area contributed by atoms with E-state index in [0.717, 1.165) is 29.1 Å². The van der Waals surface area contributed by atoms with E-state index in [0.29, 0.717) is 11.2 Å². The Morgan fingerprint density at radius 3 is 2.36 bits per heavy atom. The van der Waals surface area contributed by atoms with Crippen LogP contribution in [0.25, 0.3) is 0 Å². The van der Waals surface area contributed by atoms with Gasteiger partial charge in [0.2, 0.25) is 0 Å². The molecule has 0 saturated heterocycles. The van der Waals surface area contributed by atoms with Gasteiger partial charge in [-0.2, -0.15) is 0 Å². The molecule has 0 nitrogen and oxygen atoms in total. The van der Waals surface area contributed by atoms with Crippen LogP contribution in [0.3, 0.4) is 0 Å². The van der Waals surface area contributed by atoms with Crippen LogP contribution in [0, 0.1) is 34.5 Å². The molecule has 4 fully saturated rings. The number of hydrogen-bond donors (Lipinski definition) is 0. The summed E-state index contributed by atoms with van der Waals surface area (Å²) in [5.41, 5.74) is 1.36. The summed E-state index contributed by atoms with van der Waals surface area (Å²) in [6.07, 6.45) is 14.7. The van der Waals surface area contributed by atoms with Gasteiger partial charge < -0.3 is 0 Å². The molecule has 0 aromatic carbocycles. The monoisotopic (exact) mass is 300 g/mol. The summed E-state index contributed by atoms with van der Waals surface area (Å²) in [7, 11) is 6.28. The second-order valence-corrected chi connectivity index (χ2v) is 9.28. The number of fused-ring (bicyclic) bond motifs is 5. The SMILES string of the molecule is CC.[B]C1CCC2(C)C(CCC3C4CCCC4(C)CCC32)C1. The number of hydrogen-bond acceptors (Lipinski definition) is 0. The zero-order chi connectivity index (χ0) is 16.0. The van der Waals surface area contributed by atoms with Crippen molar-refractivity contribution < 1.29 is 0 Å². The lowest BCUT2D eigenvalue weighted by Gasteiger charge is -2.60. The van der Waals surface area contributed by atoms with E-state index in [-0.39, 0.29) is 0 Å². The average molecular weight is 300 g/mol. The zero-order valence-corrected chi connectivity index (χ0v) is 15.5. The summed E-state index contributed by atoms with van der Waals surface area (Å²) >= 11 is 0. The predicted octanol–water partition coefficient (Wildman–Crippen LogP) is 6.40. The van der Waals surface area contributed by atoms with Gasteiger partial charge in [0.15, 0.2) is 0 Å². The average Bonchev–Trinajstić information content (AvgIpc) is 2.92. The standard InChI is InChI=1S/C19H31B.C2H6/c1-18-9-3-4-16(18)15-6-5-13-12-14(20)7-11-19(13,2)17(15)8-10-18;1-2/h13-17H,3-12H2,1-2H3;1-2H3. The van der Waals surface area contributed by atoms with Crippen molar-refractivity contribution in [3.63, 3.8) is 0 Å². The molecule has 4 rings (SSSR count). The van der Waals surface area contributed by atoms with Crippen molar-refractivity contribution in [3.05, 3.63) is 0 Å². The molecule has 0 aromatic rings. The minimum absolute atomic E-state index is 0.505. The van der Waals surface area contributed by atoms with Gasteiger partial charge in [0.25, 0.3) is 0 Å². The molecule has 0 amide bonds. The molecule has 4 aliphatic carbocycles. The molecule has 124 valence electrons. The minimum atomic E-state index is 0.505. The maximum atomic E-state index is 6.28. The van der Waals surface area contributed by atoms with Crippen LogP contribution >= 0.6 is 0 Å². The summed E-state index contributed by atoms with van der Waals surface area (Å²) in [5.74, 6) is 4.61. The van der Waals surface area contributed by atoms with Gasteiger partial charge in [-0.15, -0.1) is 0 Å². The fourth-order valence-corrected chi connectivity index (χ4v) is 7.28. The summed E-state index contributed by atoms with van der Waals surface area (Å²) in [6, 6.07) is 0. The summed E-state index contributed by atoms with van der Waals surface area (Å²) in [6.45, 7) is 9.27. The third-order valence-corrected chi connectivity index (χ3v) is 8.49. The Hall–Kier alpha value is 0.0649. The zero-order valence-electron chi connectivity index (χ0n) is 15.5. The lowest BCUT2D eigenvalue weighted by molar-refractivity contribution is -0.103. The Bertz CT molecular complexity index is 391. The topological polar surface area (TPSA) is 0 Å². The van der Waals surface area contributed by atoms with E-state index in [4.69, 9.17) is 7.85 Å². The first kappa shape index (κ1) is 16.9. The first-order valence-corrected chi connectivity index (χ1v) is 10.3. The highest BCUT2D eigenvalue weighted by Gasteiger charge is 2.57. The van der Waals surface area contributed by atoms with Crippen molar-refractivity contribution in [2.24, 2.45) is 34.5 Å². The quantitative estimate of drug-likeness (QED) is 0.454. The molecule has 4 aliphatic rings. The minimum Gasteiger partial charge on any atom is -0.0771 e. The van der Waals surface area contributed by atoms with Crippen molar-refractivity contribution in [2.45, 2.75) is 97.7 Å². The van der Waals surface area contributed by atoms with Crippen LogP contribution in [0.15, 0.2) is 0 Å². The molecule has 22 heavy (non-hydrogen) atoms. The normalized spacial score (nSPS) is 53.5. The summed E-state index contributed by atoms with van der Waals surface area (Å²) in [4.78, 5) is 0. The molecule has 2 radical (unpaired) electrons. The summed E-state index contributed by atoms with van der Waals surface area (Å²) in [5, 5.41) is 0. The highest BCUT2D eigenvalue weighted by molar-refractivity contribution is 6.11. The first-order chi connectivity index (χ1) is 10.5. The van der Waals surface area contributed by atoms with Crippen LogP contribution in [0.2, 0.25) is 5.82 Å². The van der Waals surface area contributed by atoms with Crippen LogP contribution in [-0.4, -0.2) is 7.85 Å². The number of rotatable bonds is 0. The van der Waals surface area contributed by atoms with Gasteiger partial charge in [0, 0.05) is 0 Å². The Labute approximate surface area is 140 Å². The van der Waals surface area contributed by atoms with Crippen molar-refractivity contribution in [1.82, 2.24) is 0 Å². The van der Waals surface area contributed by atoms with E-state index < -0.39 is 0 Å². The Balaban J connectivity index is 0.000000693. The Morgan fingerprint density at radius 2 is 1.59 bits per heavy atom. The van der Waals surface area contributed by atoms with Gasteiger partial charge in [-0.1, -0.05) is 52.8 Å². The van der Waals surface area contributed by atoms with E-state index in [1.165, 1.54) is 64.2 Å². The van der Waals surface area contributed by atoms with Crippen LogP contribution < -0.4 is 0 Å². The maximum absolute atomic E-state index is 6.28. The Morgan fingerprint density at radius 1 is 0.818 bits per heavy atom. The van der Waals surface area contributed by atoms with Crippen LogP contribution in [-0.2, 0) is 0 Å². The third-order valence-electron chi connectivity index (χ3n) is 8.49. The van der Waals surface area contributed by atoms with Gasteiger partial charge in [0.05, 0.1) is 7.85 Å². The first-order valence-electron chi connectivity index (χ1n) is 10.3. The second kappa shape index (κ2) is 6.17. The molecule has 0 heterocycles. The maximum Gasteiger partial charge on any atom is 0.0699 e. The lowest BCUT2D eigenvalue weighted by Crippen LogP contribution is -2.52. The smallest absolute Gasteiger partial charge is 0.0699 e. The fraction of sp³-hybridized carbons (Fsp3) is 1.00. The molecule has 7 unspecified atom stereocenters. The molecule has 1 heteroatoms. The molecule has 7 atom stereocenters. The van der Waals surface area contributed by atoms with Gasteiger partial charge in [0.1, 0.15) is 0 Å². The highest BCUT2D eigenvalue weighted by Crippen LogP contribution is 2.66. The van der Waals surface area contributed by atoms with Gasteiger partial charge in [-0.05, 0) is 79.4 Å². The van der Waals surface area contributed by atoms with Gasteiger partial charge in [-0.3, -0.25) is 0 Å². The molecule has 0 aliphatic heterocycles. The van der Waals surface area contributed by atoms with E-state index >= 15 is 0 Å². The third kappa shape index (κ3) is 2.50. The van der Waals surface area contributed by atoms with Crippen LogP contribution in [0.1, 0.15) is 91.9 Å². The molecule has 0 spiro atoms. The van der Waals surface area contributed by atoms with Crippen molar-refractivity contribution in [1.29, 1.82) is 0 Å². The van der Waals surface area contributed by atoms with Crippen molar-refractivity contribution in [3.8, 4) is 0 Å². The van der Waals surface area contributed by atoms with Gasteiger partial charge >= 0.3 is 0 Å². The van der Waals surface area contributed by atoms with Crippen LogP contribution in [0.5, 0.6) is 0 Å². The van der Waals surface area contributed by atoms with E-state index in [2.05, 4.69) is 13.8 Å². The largest absolute Gasteiger partial charge is 0.0771 e. The Kier molecular flexibility index (Phi) is 4.74. The molecule has 0 aromatic heterocycles. The molecule has 0 bridgehead atoms. The fourth-order valence-electron chi connectivity index (χ4n) is 7.28. The predicted molar refractivity (Wildman–Crippen MR) is 97.2 cm³/mol. The second-order valence-electron chi connectivity index (χ2n) is 9.28.